The highest BCUT2D eigenvalue weighted by Gasteiger charge is 2.07. The van der Waals surface area contributed by atoms with Gasteiger partial charge in [0.25, 0.3) is 0 Å². The van der Waals surface area contributed by atoms with Crippen molar-refractivity contribution >= 4 is 11.7 Å². The maximum atomic E-state index is 13.5. The summed E-state index contributed by atoms with van der Waals surface area (Å²) in [5.41, 5.74) is 2.02. The Kier molecular flexibility index (Phi) is 5.65. The molecule has 0 aliphatic heterocycles. The summed E-state index contributed by atoms with van der Waals surface area (Å²) in [6.45, 7) is 1.12. The summed E-state index contributed by atoms with van der Waals surface area (Å²) in [7, 11) is 3.96. The first-order valence-corrected chi connectivity index (χ1v) is 7.16. The number of benzene rings is 2. The van der Waals surface area contributed by atoms with E-state index in [2.05, 4.69) is 15.5 Å². The van der Waals surface area contributed by atoms with Crippen LogP contribution in [0.1, 0.15) is 11.1 Å². The predicted molar refractivity (Wildman–Crippen MR) is 86.0 cm³/mol. The molecule has 4 nitrogen and oxygen atoms in total. The fourth-order valence-electron chi connectivity index (χ4n) is 2.14. The van der Waals surface area contributed by atoms with Gasteiger partial charge in [-0.05, 0) is 37.4 Å². The number of nitrogens with zero attached hydrogens (tertiary/aromatic N) is 1. The zero-order chi connectivity index (χ0) is 16.8. The molecule has 0 aliphatic rings. The molecule has 122 valence electrons. The molecule has 0 atom stereocenters. The van der Waals surface area contributed by atoms with Crippen LogP contribution in [0.25, 0.3) is 0 Å². The minimum absolute atomic E-state index is 0.0646. The minimum Gasteiger partial charge on any atom is -0.334 e. The van der Waals surface area contributed by atoms with E-state index >= 15 is 0 Å². The standard InChI is InChI=1S/C17H19F2N3O/c1-22(2)11-13-5-3-4-12(8-13)10-20-17(23)21-16-7-6-14(18)9-15(16)19/h3-9H,10-11H2,1-2H3,(H2,20,21,23). The molecule has 0 saturated heterocycles. The van der Waals surface area contributed by atoms with Gasteiger partial charge in [-0.3, -0.25) is 0 Å². The van der Waals surface area contributed by atoms with Crippen molar-refractivity contribution in [2.24, 2.45) is 0 Å². The molecule has 0 unspecified atom stereocenters. The van der Waals surface area contributed by atoms with Crippen LogP contribution in [0.3, 0.4) is 0 Å². The van der Waals surface area contributed by atoms with Gasteiger partial charge in [0.05, 0.1) is 5.69 Å². The van der Waals surface area contributed by atoms with Crippen molar-refractivity contribution in [1.29, 1.82) is 0 Å². The van der Waals surface area contributed by atoms with Gasteiger partial charge in [0.2, 0.25) is 0 Å². The largest absolute Gasteiger partial charge is 0.334 e. The van der Waals surface area contributed by atoms with Crippen LogP contribution in [-0.2, 0) is 13.1 Å². The number of carbonyl (C=O) groups excluding carboxylic acids is 1. The van der Waals surface area contributed by atoms with Crippen molar-refractivity contribution in [3.05, 3.63) is 65.2 Å². The summed E-state index contributed by atoms with van der Waals surface area (Å²) in [4.78, 5) is 13.8. The van der Waals surface area contributed by atoms with Gasteiger partial charge in [0.15, 0.2) is 0 Å². The predicted octanol–water partition coefficient (Wildman–Crippen LogP) is 3.35. The van der Waals surface area contributed by atoms with Crippen LogP contribution in [-0.4, -0.2) is 25.0 Å². The first kappa shape index (κ1) is 16.9. The van der Waals surface area contributed by atoms with Crippen LogP contribution in [0, 0.1) is 11.6 Å². The third-order valence-corrected chi connectivity index (χ3v) is 3.12. The van der Waals surface area contributed by atoms with Gasteiger partial charge in [0.1, 0.15) is 11.6 Å². The lowest BCUT2D eigenvalue weighted by molar-refractivity contribution is 0.251. The number of rotatable bonds is 5. The van der Waals surface area contributed by atoms with E-state index in [1.54, 1.807) is 0 Å². The molecule has 2 rings (SSSR count). The summed E-state index contributed by atoms with van der Waals surface area (Å²) in [6.07, 6.45) is 0. The zero-order valence-corrected chi connectivity index (χ0v) is 13.1. The lowest BCUT2D eigenvalue weighted by Crippen LogP contribution is -2.28. The lowest BCUT2D eigenvalue weighted by Gasteiger charge is -2.12. The Morgan fingerprint density at radius 2 is 1.83 bits per heavy atom. The number of carbonyl (C=O) groups is 1. The quantitative estimate of drug-likeness (QED) is 0.888. The number of amides is 2. The Labute approximate surface area is 134 Å². The normalized spacial score (nSPS) is 10.7. The van der Waals surface area contributed by atoms with Crippen molar-refractivity contribution in [2.75, 3.05) is 19.4 Å². The van der Waals surface area contributed by atoms with Gasteiger partial charge in [-0.1, -0.05) is 24.3 Å². The Bertz CT molecular complexity index is 689. The molecular formula is C17H19F2N3O. The molecule has 0 spiro atoms. The third-order valence-electron chi connectivity index (χ3n) is 3.12. The van der Waals surface area contributed by atoms with Gasteiger partial charge >= 0.3 is 6.03 Å². The minimum atomic E-state index is -0.812. The number of hydrogen-bond donors (Lipinski definition) is 2. The van der Waals surface area contributed by atoms with Crippen molar-refractivity contribution in [3.8, 4) is 0 Å². The second-order valence-corrected chi connectivity index (χ2v) is 5.49. The fraction of sp³-hybridized carbons (Fsp3) is 0.235. The topological polar surface area (TPSA) is 44.4 Å². The van der Waals surface area contributed by atoms with Crippen LogP contribution < -0.4 is 10.6 Å². The number of halogens is 2. The average Bonchev–Trinajstić information content (AvgIpc) is 2.48. The number of anilines is 1. The van der Waals surface area contributed by atoms with Gasteiger partial charge in [-0.2, -0.15) is 0 Å². The van der Waals surface area contributed by atoms with Gasteiger partial charge in [-0.15, -0.1) is 0 Å². The van der Waals surface area contributed by atoms with Crippen LogP contribution in [0.5, 0.6) is 0 Å². The highest BCUT2D eigenvalue weighted by molar-refractivity contribution is 5.89. The first-order valence-electron chi connectivity index (χ1n) is 7.16. The van der Waals surface area contributed by atoms with E-state index < -0.39 is 17.7 Å². The van der Waals surface area contributed by atoms with Gasteiger partial charge in [0, 0.05) is 19.2 Å². The van der Waals surface area contributed by atoms with E-state index in [1.807, 2.05) is 38.4 Å². The van der Waals surface area contributed by atoms with E-state index in [-0.39, 0.29) is 5.69 Å². The van der Waals surface area contributed by atoms with Crippen molar-refractivity contribution in [2.45, 2.75) is 13.1 Å². The Morgan fingerprint density at radius 3 is 2.52 bits per heavy atom. The summed E-state index contributed by atoms with van der Waals surface area (Å²) >= 11 is 0. The van der Waals surface area contributed by atoms with E-state index in [0.717, 1.165) is 29.8 Å². The maximum absolute atomic E-state index is 13.5. The highest BCUT2D eigenvalue weighted by atomic mass is 19.1. The number of nitrogens with one attached hydrogen (secondary N) is 2. The van der Waals surface area contributed by atoms with Crippen LogP contribution in [0.2, 0.25) is 0 Å². The second-order valence-electron chi connectivity index (χ2n) is 5.49. The Balaban J connectivity index is 1.91. The van der Waals surface area contributed by atoms with Crippen LogP contribution >= 0.6 is 0 Å². The molecule has 0 saturated carbocycles. The fourth-order valence-corrected chi connectivity index (χ4v) is 2.14. The molecule has 0 heterocycles. The van der Waals surface area contributed by atoms with E-state index in [0.29, 0.717) is 6.54 Å². The first-order chi connectivity index (χ1) is 10.9. The molecule has 2 aromatic rings. The van der Waals surface area contributed by atoms with Crippen molar-refractivity contribution < 1.29 is 13.6 Å². The summed E-state index contributed by atoms with van der Waals surface area (Å²) in [6, 6.07) is 10.3. The SMILES string of the molecule is CN(C)Cc1cccc(CNC(=O)Nc2ccc(F)cc2F)c1. The van der Waals surface area contributed by atoms with E-state index in [1.165, 1.54) is 6.07 Å². The molecule has 2 N–H and O–H groups in total. The van der Waals surface area contributed by atoms with Crippen LogP contribution in [0.15, 0.2) is 42.5 Å². The molecule has 0 fully saturated rings. The molecule has 6 heteroatoms. The van der Waals surface area contributed by atoms with E-state index in [4.69, 9.17) is 0 Å². The Morgan fingerprint density at radius 1 is 1.09 bits per heavy atom. The second kappa shape index (κ2) is 7.69. The highest BCUT2D eigenvalue weighted by Crippen LogP contribution is 2.14. The molecule has 23 heavy (non-hydrogen) atoms. The molecular weight excluding hydrogens is 300 g/mol. The zero-order valence-electron chi connectivity index (χ0n) is 13.1. The number of hydrogen-bond acceptors (Lipinski definition) is 2. The van der Waals surface area contributed by atoms with Gasteiger partial charge in [-0.25, -0.2) is 13.6 Å². The average molecular weight is 319 g/mol. The smallest absolute Gasteiger partial charge is 0.319 e. The lowest BCUT2D eigenvalue weighted by atomic mass is 10.1. The van der Waals surface area contributed by atoms with E-state index in [9.17, 15) is 13.6 Å². The molecule has 0 aliphatic carbocycles. The Hall–Kier alpha value is -2.47. The van der Waals surface area contributed by atoms with Gasteiger partial charge < -0.3 is 15.5 Å². The molecule has 2 aromatic carbocycles. The summed E-state index contributed by atoms with van der Waals surface area (Å²) in [5, 5.41) is 5.00. The summed E-state index contributed by atoms with van der Waals surface area (Å²) in [5.74, 6) is -1.50. The van der Waals surface area contributed by atoms with Crippen molar-refractivity contribution in [1.82, 2.24) is 10.2 Å². The molecule has 0 aromatic heterocycles. The van der Waals surface area contributed by atoms with Crippen LogP contribution in [0.4, 0.5) is 19.3 Å². The molecule has 0 radical (unpaired) electrons. The summed E-state index contributed by atoms with van der Waals surface area (Å²) < 4.78 is 26.3. The molecule has 2 amide bonds. The van der Waals surface area contributed by atoms with Crippen molar-refractivity contribution in [3.63, 3.8) is 0 Å². The molecule has 0 bridgehead atoms. The third kappa shape index (κ3) is 5.34. The maximum Gasteiger partial charge on any atom is 0.319 e. The monoisotopic (exact) mass is 319 g/mol. The number of urea groups is 1.